The summed E-state index contributed by atoms with van der Waals surface area (Å²) < 4.78 is 0. The molecule has 0 radical (unpaired) electrons. The van der Waals surface area contributed by atoms with Crippen LogP contribution in [0.25, 0.3) is 44.5 Å². The van der Waals surface area contributed by atoms with Gasteiger partial charge >= 0.3 is 0 Å². The third-order valence-corrected chi connectivity index (χ3v) is 7.36. The van der Waals surface area contributed by atoms with Crippen LogP contribution >= 0.6 is 0 Å². The Morgan fingerprint density at radius 3 is 1.52 bits per heavy atom. The molecule has 0 heterocycles. The van der Waals surface area contributed by atoms with Crippen LogP contribution in [-0.2, 0) is 6.54 Å². The second-order valence-electron chi connectivity index (χ2n) is 10.4. The largest absolute Gasteiger partial charge is 0.385 e. The van der Waals surface area contributed by atoms with Crippen molar-refractivity contribution >= 4 is 11.9 Å². The van der Waals surface area contributed by atoms with Crippen LogP contribution in [0.4, 0.5) is 5.69 Å². The molecule has 6 aromatic rings. The molecule has 2 heteroatoms. The van der Waals surface area contributed by atoms with E-state index in [2.05, 4.69) is 146 Å². The van der Waals surface area contributed by atoms with Crippen molar-refractivity contribution in [2.24, 2.45) is 4.99 Å². The number of benzene rings is 6. The first-order valence-corrected chi connectivity index (χ1v) is 14.5. The highest BCUT2D eigenvalue weighted by Crippen LogP contribution is 2.35. The maximum Gasteiger partial charge on any atom is 0.0640 e. The van der Waals surface area contributed by atoms with Gasteiger partial charge in [0.1, 0.15) is 0 Å². The summed E-state index contributed by atoms with van der Waals surface area (Å²) in [5, 5.41) is 3.51. The van der Waals surface area contributed by atoms with E-state index in [0.29, 0.717) is 6.54 Å². The first-order valence-electron chi connectivity index (χ1n) is 14.5. The molecule has 0 spiro atoms. The Hall–Kier alpha value is -5.21. The van der Waals surface area contributed by atoms with E-state index in [0.717, 1.165) is 17.8 Å². The van der Waals surface area contributed by atoms with Gasteiger partial charge < -0.3 is 5.32 Å². The zero-order valence-electron chi connectivity index (χ0n) is 23.9. The lowest BCUT2D eigenvalue weighted by Crippen LogP contribution is -1.98. The molecule has 0 saturated carbocycles. The van der Waals surface area contributed by atoms with Gasteiger partial charge in [0.2, 0.25) is 0 Å². The van der Waals surface area contributed by atoms with Crippen LogP contribution < -0.4 is 5.32 Å². The molecule has 0 aliphatic rings. The number of aliphatic imine (C=N–C) groups is 1. The summed E-state index contributed by atoms with van der Waals surface area (Å²) in [5.41, 5.74) is 13.0. The molecule has 0 aliphatic heterocycles. The highest BCUT2D eigenvalue weighted by molar-refractivity contribution is 5.83. The molecule has 0 unspecified atom stereocenters. The fraction of sp³-hybridized carbons (Fsp3) is 0.0750. The molecule has 204 valence electrons. The molecule has 6 rings (SSSR count). The highest BCUT2D eigenvalue weighted by atomic mass is 14.8. The first-order chi connectivity index (χ1) is 20.7. The van der Waals surface area contributed by atoms with Gasteiger partial charge in [-0.2, -0.15) is 0 Å². The van der Waals surface area contributed by atoms with Gasteiger partial charge in [0.05, 0.1) is 6.54 Å². The van der Waals surface area contributed by atoms with Crippen molar-refractivity contribution in [1.82, 2.24) is 0 Å². The van der Waals surface area contributed by atoms with Gasteiger partial charge in [0.15, 0.2) is 0 Å². The molecule has 0 bridgehead atoms. The Bertz CT molecular complexity index is 1730. The third-order valence-electron chi connectivity index (χ3n) is 7.36. The van der Waals surface area contributed by atoms with E-state index in [1.807, 2.05) is 24.4 Å². The molecule has 0 fully saturated rings. The van der Waals surface area contributed by atoms with E-state index in [1.165, 1.54) is 50.1 Å². The molecule has 0 aromatic heterocycles. The lowest BCUT2D eigenvalue weighted by atomic mass is 9.92. The van der Waals surface area contributed by atoms with Crippen LogP contribution in [0.3, 0.4) is 0 Å². The molecule has 0 atom stereocenters. The van der Waals surface area contributed by atoms with Crippen LogP contribution in [0.15, 0.2) is 157 Å². The van der Waals surface area contributed by atoms with Crippen molar-refractivity contribution in [2.45, 2.75) is 13.5 Å². The van der Waals surface area contributed by atoms with Gasteiger partial charge in [-0.25, -0.2) is 0 Å². The van der Waals surface area contributed by atoms with Crippen molar-refractivity contribution in [2.75, 3.05) is 11.9 Å². The van der Waals surface area contributed by atoms with E-state index in [9.17, 15) is 0 Å². The summed E-state index contributed by atoms with van der Waals surface area (Å²) in [6.45, 7) is 3.62. The molecule has 2 nitrogen and oxygen atoms in total. The van der Waals surface area contributed by atoms with Crippen molar-refractivity contribution in [3.8, 4) is 44.5 Å². The Labute approximate surface area is 249 Å². The van der Waals surface area contributed by atoms with Crippen LogP contribution in [-0.4, -0.2) is 12.8 Å². The number of nitrogens with zero attached hydrogens (tertiary/aromatic N) is 1. The van der Waals surface area contributed by atoms with Gasteiger partial charge in [0, 0.05) is 18.4 Å². The minimum Gasteiger partial charge on any atom is -0.385 e. The Balaban J connectivity index is 1.38. The van der Waals surface area contributed by atoms with Crippen LogP contribution in [0.5, 0.6) is 0 Å². The molecule has 6 aromatic carbocycles. The zero-order chi connectivity index (χ0) is 28.6. The molecular formula is C40H34N2. The minimum atomic E-state index is 0.625. The summed E-state index contributed by atoms with van der Waals surface area (Å²) in [5.74, 6) is 0. The summed E-state index contributed by atoms with van der Waals surface area (Å²) in [7, 11) is 0. The lowest BCUT2D eigenvalue weighted by Gasteiger charge is -2.14. The smallest absolute Gasteiger partial charge is 0.0640 e. The van der Waals surface area contributed by atoms with E-state index >= 15 is 0 Å². The lowest BCUT2D eigenvalue weighted by molar-refractivity contribution is 1.07. The second kappa shape index (κ2) is 13.0. The first kappa shape index (κ1) is 27.0. The number of rotatable bonds is 9. The van der Waals surface area contributed by atoms with Gasteiger partial charge in [-0.3, -0.25) is 4.99 Å². The zero-order valence-corrected chi connectivity index (χ0v) is 23.9. The van der Waals surface area contributed by atoms with Gasteiger partial charge in [-0.15, -0.1) is 0 Å². The van der Waals surface area contributed by atoms with Crippen molar-refractivity contribution in [3.05, 3.63) is 163 Å². The van der Waals surface area contributed by atoms with Crippen LogP contribution in [0, 0.1) is 0 Å². The molecule has 0 amide bonds. The fourth-order valence-corrected chi connectivity index (χ4v) is 5.32. The second-order valence-corrected chi connectivity index (χ2v) is 10.4. The van der Waals surface area contributed by atoms with E-state index < -0.39 is 0 Å². The average Bonchev–Trinajstić information content (AvgIpc) is 3.06. The summed E-state index contributed by atoms with van der Waals surface area (Å²) in [6, 6.07) is 54.0. The number of nitrogens with one attached hydrogen (secondary N) is 1. The molecule has 42 heavy (non-hydrogen) atoms. The van der Waals surface area contributed by atoms with Gasteiger partial charge in [-0.1, -0.05) is 109 Å². The Kier molecular flexibility index (Phi) is 8.33. The highest BCUT2D eigenvalue weighted by Gasteiger charge is 2.10. The van der Waals surface area contributed by atoms with Crippen LogP contribution in [0.2, 0.25) is 0 Å². The summed E-state index contributed by atoms with van der Waals surface area (Å²) >= 11 is 0. The standard InChI is InChI=1S/C40H34N2/c1-2-42-40-22-31(29-41-28-30-13-6-3-7-14-30)21-36(27-40)34-19-12-20-35(23-34)39-25-37(32-15-8-4-9-16-32)24-38(26-39)33-17-10-5-11-18-33/h3-28,42H,2,29H2,1H3. The normalized spacial score (nSPS) is 11.1. The SMILES string of the molecule is CCNc1cc(CN=Cc2ccccc2)cc(-c2cccc(-c3cc(-c4ccccc4)cc(-c4ccccc4)c3)c2)c1. The van der Waals surface area contributed by atoms with Crippen molar-refractivity contribution in [1.29, 1.82) is 0 Å². The van der Waals surface area contributed by atoms with E-state index in [1.54, 1.807) is 0 Å². The van der Waals surface area contributed by atoms with Crippen molar-refractivity contribution in [3.63, 3.8) is 0 Å². The molecule has 1 N–H and O–H groups in total. The summed E-state index contributed by atoms with van der Waals surface area (Å²) in [4.78, 5) is 4.74. The topological polar surface area (TPSA) is 24.4 Å². The number of anilines is 1. The van der Waals surface area contributed by atoms with E-state index in [4.69, 9.17) is 4.99 Å². The van der Waals surface area contributed by atoms with Crippen LogP contribution in [0.1, 0.15) is 18.1 Å². The fourth-order valence-electron chi connectivity index (χ4n) is 5.32. The predicted molar refractivity (Wildman–Crippen MR) is 180 cm³/mol. The molecular weight excluding hydrogens is 508 g/mol. The Morgan fingerprint density at radius 1 is 0.476 bits per heavy atom. The summed E-state index contributed by atoms with van der Waals surface area (Å²) in [6.07, 6.45) is 1.95. The maximum atomic E-state index is 4.74. The molecule has 0 aliphatic carbocycles. The average molecular weight is 543 g/mol. The monoisotopic (exact) mass is 542 g/mol. The third kappa shape index (κ3) is 6.56. The predicted octanol–water partition coefficient (Wildman–Crippen LogP) is 10.4. The number of hydrogen-bond donors (Lipinski definition) is 1. The minimum absolute atomic E-state index is 0.625. The van der Waals surface area contributed by atoms with E-state index in [-0.39, 0.29) is 0 Å². The Morgan fingerprint density at radius 2 is 0.952 bits per heavy atom. The van der Waals surface area contributed by atoms with Crippen molar-refractivity contribution < 1.29 is 0 Å². The maximum absolute atomic E-state index is 4.74. The van der Waals surface area contributed by atoms with Gasteiger partial charge in [0.25, 0.3) is 0 Å². The van der Waals surface area contributed by atoms with Gasteiger partial charge in [-0.05, 0) is 105 Å². The molecule has 0 saturated heterocycles. The number of hydrogen-bond acceptors (Lipinski definition) is 2. The quantitative estimate of drug-likeness (QED) is 0.181.